The number of ether oxygens (including phenoxy) is 4. The van der Waals surface area contributed by atoms with Crippen LogP contribution in [0.4, 0.5) is 0 Å². The highest BCUT2D eigenvalue weighted by Gasteiger charge is 2.31. The molecule has 0 aliphatic carbocycles. The van der Waals surface area contributed by atoms with Crippen LogP contribution in [0.15, 0.2) is 0 Å². The predicted octanol–water partition coefficient (Wildman–Crippen LogP) is 6.71. The van der Waals surface area contributed by atoms with Gasteiger partial charge in [0, 0.05) is 26.2 Å². The van der Waals surface area contributed by atoms with Crippen molar-refractivity contribution in [1.29, 1.82) is 5.26 Å². The first-order chi connectivity index (χ1) is 13.7. The second-order valence-corrected chi connectivity index (χ2v) is 7.32. The Morgan fingerprint density at radius 2 is 1.14 bits per heavy atom. The van der Waals surface area contributed by atoms with Gasteiger partial charge in [0.25, 0.3) is 12.2 Å². The van der Waals surface area contributed by atoms with Gasteiger partial charge in [-0.15, -0.1) is 0 Å². The third-order valence-corrected chi connectivity index (χ3v) is 4.95. The Morgan fingerprint density at radius 1 is 0.679 bits per heavy atom. The van der Waals surface area contributed by atoms with Crippen LogP contribution >= 0.6 is 0 Å². The van der Waals surface area contributed by atoms with Crippen LogP contribution in [0.5, 0.6) is 0 Å². The molecule has 0 spiro atoms. The number of hydrogen-bond donors (Lipinski definition) is 0. The Kier molecular flexibility index (Phi) is 18.9. The van der Waals surface area contributed by atoms with Crippen LogP contribution in [0.1, 0.15) is 111 Å². The van der Waals surface area contributed by atoms with E-state index in [1.165, 1.54) is 44.9 Å². The van der Waals surface area contributed by atoms with Crippen molar-refractivity contribution in [1.82, 2.24) is 0 Å². The molecule has 0 N–H and O–H groups in total. The minimum atomic E-state index is -0.929. The van der Waals surface area contributed by atoms with Gasteiger partial charge in [-0.3, -0.25) is 0 Å². The van der Waals surface area contributed by atoms with Gasteiger partial charge in [-0.05, 0) is 52.9 Å². The van der Waals surface area contributed by atoms with E-state index in [-0.39, 0.29) is 6.10 Å². The highest BCUT2D eigenvalue weighted by molar-refractivity contribution is 4.66. The number of rotatable bonds is 21. The molecule has 0 rings (SSSR count). The smallest absolute Gasteiger partial charge is 0.286 e. The van der Waals surface area contributed by atoms with Gasteiger partial charge < -0.3 is 18.9 Å². The maximum Gasteiger partial charge on any atom is 0.286 e. The lowest BCUT2D eigenvalue weighted by Crippen LogP contribution is -2.39. The molecule has 0 aromatic carbocycles. The lowest BCUT2D eigenvalue weighted by molar-refractivity contribution is -0.380. The van der Waals surface area contributed by atoms with Gasteiger partial charge in [-0.2, -0.15) is 5.26 Å². The second-order valence-electron chi connectivity index (χ2n) is 7.32. The maximum absolute atomic E-state index is 8.92. The Balaban J connectivity index is 4.07. The van der Waals surface area contributed by atoms with Gasteiger partial charge in [-0.1, -0.05) is 51.9 Å². The van der Waals surface area contributed by atoms with Gasteiger partial charge >= 0.3 is 0 Å². The van der Waals surface area contributed by atoms with Gasteiger partial charge in [0.2, 0.25) is 0 Å². The molecule has 0 fully saturated rings. The molecule has 166 valence electrons. The van der Waals surface area contributed by atoms with Crippen molar-refractivity contribution in [2.75, 3.05) is 19.8 Å². The lowest BCUT2D eigenvalue weighted by Gasteiger charge is -2.32. The summed E-state index contributed by atoms with van der Waals surface area (Å²) in [6, 6.07) is 0. The van der Waals surface area contributed by atoms with E-state index in [9.17, 15) is 0 Å². The number of unbranched alkanes of at least 4 members (excludes halogenated alkanes) is 8. The normalized spacial score (nSPS) is 12.7. The summed E-state index contributed by atoms with van der Waals surface area (Å²) in [6.07, 6.45) is 16.7. The largest absolute Gasteiger partial charge is 0.424 e. The molecular formula is C23H45NO4. The van der Waals surface area contributed by atoms with Crippen molar-refractivity contribution >= 4 is 0 Å². The third-order valence-electron chi connectivity index (χ3n) is 4.95. The van der Waals surface area contributed by atoms with Crippen LogP contribution in [-0.4, -0.2) is 31.9 Å². The summed E-state index contributed by atoms with van der Waals surface area (Å²) in [6.45, 7) is 9.77. The molecule has 1 atom stereocenters. The fraction of sp³-hybridized carbons (Fsp3) is 0.957. The second kappa shape index (κ2) is 19.5. The van der Waals surface area contributed by atoms with E-state index in [4.69, 9.17) is 24.2 Å². The topological polar surface area (TPSA) is 60.7 Å². The summed E-state index contributed by atoms with van der Waals surface area (Å²) in [5, 5.41) is 8.92. The average molecular weight is 400 g/mol. The van der Waals surface area contributed by atoms with Gasteiger partial charge in [0.1, 0.15) is 6.10 Å². The summed E-state index contributed by atoms with van der Waals surface area (Å²) < 4.78 is 22.6. The van der Waals surface area contributed by atoms with Crippen LogP contribution in [-0.2, 0) is 18.9 Å². The SMILES string of the molecule is CCCCCCCCCCC(CCCCC(OCC)(OCC)OCC)OC#N. The van der Waals surface area contributed by atoms with E-state index in [2.05, 4.69) is 6.92 Å². The van der Waals surface area contributed by atoms with Crippen molar-refractivity contribution in [2.24, 2.45) is 0 Å². The summed E-state index contributed by atoms with van der Waals surface area (Å²) in [5.74, 6) is -0.929. The van der Waals surface area contributed by atoms with Crippen LogP contribution in [0.25, 0.3) is 0 Å². The molecule has 0 heterocycles. The number of nitriles is 1. The minimum Gasteiger partial charge on any atom is -0.424 e. The van der Waals surface area contributed by atoms with Crippen LogP contribution in [0.2, 0.25) is 0 Å². The molecule has 0 radical (unpaired) electrons. The first-order valence-corrected chi connectivity index (χ1v) is 11.6. The summed E-state index contributed by atoms with van der Waals surface area (Å²) in [7, 11) is 0. The van der Waals surface area contributed by atoms with Crippen molar-refractivity contribution in [3.63, 3.8) is 0 Å². The number of hydrogen-bond acceptors (Lipinski definition) is 5. The average Bonchev–Trinajstić information content (AvgIpc) is 2.68. The molecule has 5 nitrogen and oxygen atoms in total. The minimum absolute atomic E-state index is 0.0331. The summed E-state index contributed by atoms with van der Waals surface area (Å²) in [4.78, 5) is 0. The first-order valence-electron chi connectivity index (χ1n) is 11.6. The summed E-state index contributed by atoms with van der Waals surface area (Å²) >= 11 is 0. The molecule has 0 saturated carbocycles. The quantitative estimate of drug-likeness (QED) is 0.122. The van der Waals surface area contributed by atoms with E-state index in [0.717, 1.165) is 32.1 Å². The van der Waals surface area contributed by atoms with Crippen LogP contribution in [0.3, 0.4) is 0 Å². The van der Waals surface area contributed by atoms with Crippen LogP contribution in [0, 0.1) is 11.5 Å². The van der Waals surface area contributed by atoms with Crippen molar-refractivity contribution in [3.05, 3.63) is 0 Å². The highest BCUT2D eigenvalue weighted by atomic mass is 16.9. The van der Waals surface area contributed by atoms with E-state index >= 15 is 0 Å². The standard InChI is InChI=1S/C23H45NO4/c1-5-9-10-11-12-13-14-15-18-22(25-21-24)19-16-17-20-23(26-6-2,27-7-3)28-8-4/h22H,5-20H2,1-4H3. The van der Waals surface area contributed by atoms with E-state index in [0.29, 0.717) is 26.2 Å². The Hall–Kier alpha value is -0.830. The zero-order valence-electron chi connectivity index (χ0n) is 19.0. The fourth-order valence-electron chi connectivity index (χ4n) is 3.56. The zero-order chi connectivity index (χ0) is 20.9. The molecule has 0 saturated heterocycles. The van der Waals surface area contributed by atoms with Gasteiger partial charge in [0.15, 0.2) is 0 Å². The molecule has 0 aromatic rings. The van der Waals surface area contributed by atoms with Crippen molar-refractivity contribution in [2.45, 2.75) is 123 Å². The number of nitrogens with zero attached hydrogens (tertiary/aromatic N) is 1. The molecule has 0 bridgehead atoms. The van der Waals surface area contributed by atoms with E-state index in [1.807, 2.05) is 27.0 Å². The molecule has 0 aliphatic heterocycles. The molecule has 0 aliphatic rings. The Labute approximate surface area is 174 Å². The third kappa shape index (κ3) is 14.2. The van der Waals surface area contributed by atoms with Gasteiger partial charge in [-0.25, -0.2) is 0 Å². The molecule has 28 heavy (non-hydrogen) atoms. The fourth-order valence-corrected chi connectivity index (χ4v) is 3.56. The predicted molar refractivity (Wildman–Crippen MR) is 114 cm³/mol. The Bertz CT molecular complexity index is 353. The zero-order valence-corrected chi connectivity index (χ0v) is 19.0. The van der Waals surface area contributed by atoms with E-state index < -0.39 is 5.97 Å². The molecule has 0 amide bonds. The van der Waals surface area contributed by atoms with Gasteiger partial charge in [0.05, 0.1) is 0 Å². The Morgan fingerprint density at radius 3 is 1.61 bits per heavy atom. The van der Waals surface area contributed by atoms with E-state index in [1.54, 1.807) is 0 Å². The lowest BCUT2D eigenvalue weighted by atomic mass is 10.0. The molecular weight excluding hydrogens is 354 g/mol. The first kappa shape index (κ1) is 27.2. The molecule has 1 unspecified atom stereocenters. The van der Waals surface area contributed by atoms with Crippen molar-refractivity contribution in [3.8, 4) is 6.26 Å². The maximum atomic E-state index is 8.92. The molecule has 5 heteroatoms. The van der Waals surface area contributed by atoms with Crippen molar-refractivity contribution < 1.29 is 18.9 Å². The highest BCUT2D eigenvalue weighted by Crippen LogP contribution is 2.24. The molecule has 0 aromatic heterocycles. The van der Waals surface area contributed by atoms with Crippen LogP contribution < -0.4 is 0 Å². The summed E-state index contributed by atoms with van der Waals surface area (Å²) in [5.41, 5.74) is 0. The monoisotopic (exact) mass is 399 g/mol.